The van der Waals surface area contributed by atoms with E-state index in [9.17, 15) is 9.90 Å². The molecule has 0 spiro atoms. The van der Waals surface area contributed by atoms with Gasteiger partial charge in [-0.2, -0.15) is 0 Å². The number of hydrogen-bond acceptors (Lipinski definition) is 9. The second-order valence-corrected chi connectivity index (χ2v) is 14.0. The third kappa shape index (κ3) is 15.2. The van der Waals surface area contributed by atoms with Gasteiger partial charge in [0.05, 0.1) is 6.54 Å². The largest absolute Gasteiger partial charge is 0.500 e. The van der Waals surface area contributed by atoms with Gasteiger partial charge in [0.1, 0.15) is 0 Å². The minimum Gasteiger partial charge on any atom is -0.480 e. The van der Waals surface area contributed by atoms with Gasteiger partial charge in [-0.15, -0.1) is 11.8 Å². The molecule has 1 N–H and O–H groups in total. The van der Waals surface area contributed by atoms with E-state index in [1.165, 1.54) is 0 Å². The highest BCUT2D eigenvalue weighted by Crippen LogP contribution is 2.22. The number of unbranched alkanes of at least 4 members (excludes halogenated alkanes) is 1. The summed E-state index contributed by atoms with van der Waals surface area (Å²) in [7, 11) is -5.26. The predicted octanol–water partition coefficient (Wildman–Crippen LogP) is 4.33. The number of carboxylic acids is 1. The molecule has 0 heterocycles. The van der Waals surface area contributed by atoms with E-state index in [1.807, 2.05) is 46.4 Å². The van der Waals surface area contributed by atoms with Crippen molar-refractivity contribution in [1.82, 2.24) is 4.90 Å². The molecule has 0 bridgehead atoms. The summed E-state index contributed by atoms with van der Waals surface area (Å²) in [6.45, 7) is 15.9. The second-order valence-electron chi connectivity index (χ2n) is 7.51. The van der Waals surface area contributed by atoms with Crippen LogP contribution in [0.3, 0.4) is 0 Å². The Morgan fingerprint density at radius 1 is 0.706 bits per heavy atom. The molecule has 34 heavy (non-hydrogen) atoms. The van der Waals surface area contributed by atoms with Crippen molar-refractivity contribution in [2.75, 3.05) is 64.4 Å². The third-order valence-corrected chi connectivity index (χ3v) is 12.2. The van der Waals surface area contributed by atoms with Crippen LogP contribution in [0.5, 0.6) is 0 Å². The maximum atomic E-state index is 11.3. The van der Waals surface area contributed by atoms with Crippen LogP contribution in [0.25, 0.3) is 0 Å². The second kappa shape index (κ2) is 21.1. The Bertz CT molecular complexity index is 473. The third-order valence-electron chi connectivity index (χ3n) is 4.80. The van der Waals surface area contributed by atoms with E-state index in [0.29, 0.717) is 52.1 Å². The lowest BCUT2D eigenvalue weighted by Gasteiger charge is -2.29. The van der Waals surface area contributed by atoms with Gasteiger partial charge in [0.15, 0.2) is 0 Å². The van der Waals surface area contributed by atoms with Crippen LogP contribution < -0.4 is 0 Å². The van der Waals surface area contributed by atoms with Gasteiger partial charge < -0.3 is 31.7 Å². The fraction of sp³-hybridized carbons (Fsp3) is 0.955. The molecule has 0 aliphatic carbocycles. The molecule has 0 aromatic rings. The van der Waals surface area contributed by atoms with E-state index in [4.69, 9.17) is 26.6 Å². The number of carbonyl (C=O) groups is 1. The first-order valence-electron chi connectivity index (χ1n) is 12.7. The summed E-state index contributed by atoms with van der Waals surface area (Å²) in [6, 6.07) is 1.52. The number of nitrogens with zero attached hydrogens (tertiary/aromatic N) is 1. The van der Waals surface area contributed by atoms with E-state index in [0.717, 1.165) is 37.1 Å². The van der Waals surface area contributed by atoms with E-state index in [1.54, 1.807) is 11.8 Å². The normalized spacial score (nSPS) is 12.6. The van der Waals surface area contributed by atoms with Crippen molar-refractivity contribution >= 4 is 35.3 Å². The number of carboxylic acid groups (broad SMARTS) is 1. The first kappa shape index (κ1) is 34.0. The van der Waals surface area contributed by atoms with Crippen molar-refractivity contribution in [1.29, 1.82) is 0 Å². The van der Waals surface area contributed by atoms with Crippen molar-refractivity contribution in [3.05, 3.63) is 0 Å². The van der Waals surface area contributed by atoms with Crippen molar-refractivity contribution in [3.8, 4) is 0 Å². The Labute approximate surface area is 213 Å². The molecule has 0 atom stereocenters. The van der Waals surface area contributed by atoms with Crippen molar-refractivity contribution in [3.63, 3.8) is 0 Å². The molecule has 12 heteroatoms. The molecule has 0 rings (SSSR count). The average Bonchev–Trinajstić information content (AvgIpc) is 2.77. The van der Waals surface area contributed by atoms with Crippen LogP contribution in [-0.4, -0.2) is 97.9 Å². The zero-order valence-electron chi connectivity index (χ0n) is 22.3. The maximum Gasteiger partial charge on any atom is 0.500 e. The molecule has 0 amide bonds. The number of rotatable bonds is 25. The average molecular weight is 544 g/mol. The molecule has 0 aliphatic rings. The summed E-state index contributed by atoms with van der Waals surface area (Å²) >= 11 is 1.74. The van der Waals surface area contributed by atoms with Gasteiger partial charge in [0, 0.05) is 57.6 Å². The summed E-state index contributed by atoms with van der Waals surface area (Å²) in [5.74, 6) is 0.759. The molecule has 0 aliphatic heterocycles. The topological polar surface area (TPSA) is 95.9 Å². The Kier molecular flexibility index (Phi) is 21.1. The van der Waals surface area contributed by atoms with E-state index < -0.39 is 23.6 Å². The van der Waals surface area contributed by atoms with Crippen LogP contribution in [0.1, 0.15) is 60.8 Å². The zero-order valence-corrected chi connectivity index (χ0v) is 25.1. The monoisotopic (exact) mass is 543 g/mol. The lowest BCUT2D eigenvalue weighted by atomic mass is 10.3. The Balaban J connectivity index is 4.59. The molecule has 204 valence electrons. The first-order valence-corrected chi connectivity index (χ1v) is 17.7. The predicted molar refractivity (Wildman–Crippen MR) is 141 cm³/mol. The van der Waals surface area contributed by atoms with Gasteiger partial charge in [0.2, 0.25) is 0 Å². The van der Waals surface area contributed by atoms with E-state index >= 15 is 0 Å². The fourth-order valence-corrected chi connectivity index (χ4v) is 10.2. The number of aliphatic carboxylic acids is 1. The molecule has 0 aromatic heterocycles. The lowest BCUT2D eigenvalue weighted by molar-refractivity contribution is -0.138. The van der Waals surface area contributed by atoms with Gasteiger partial charge in [-0.05, 0) is 73.1 Å². The minimum atomic E-state index is -2.65. The van der Waals surface area contributed by atoms with E-state index in [2.05, 4.69) is 0 Å². The Morgan fingerprint density at radius 3 is 1.50 bits per heavy atom. The molecule has 0 saturated heterocycles. The van der Waals surface area contributed by atoms with Gasteiger partial charge >= 0.3 is 23.6 Å². The first-order chi connectivity index (χ1) is 16.4. The van der Waals surface area contributed by atoms with Crippen LogP contribution in [0.2, 0.25) is 12.1 Å². The highest BCUT2D eigenvalue weighted by atomic mass is 32.2. The fourth-order valence-electron chi connectivity index (χ4n) is 3.64. The summed E-state index contributed by atoms with van der Waals surface area (Å²) in [5, 5.41) is 9.32. The minimum absolute atomic E-state index is 0.0352. The Morgan fingerprint density at radius 2 is 1.12 bits per heavy atom. The SMILES string of the molecule is CCO[Si](CCCCN(CSCCC[Si](OCC)(OCC)OCC)CC(=O)O)(OCC)OCC. The van der Waals surface area contributed by atoms with Crippen molar-refractivity contribution in [2.45, 2.75) is 72.9 Å². The summed E-state index contributed by atoms with van der Waals surface area (Å²) in [4.78, 5) is 13.3. The lowest BCUT2D eigenvalue weighted by Crippen LogP contribution is -2.46. The standard InChI is InChI=1S/C22H49NO8SSi2/c1-7-26-33(27-8-2,28-9-3)18-14-13-16-23(20-22(24)25)21-32-17-15-19-34(29-10-4,30-11-5)31-12-6/h7-21H2,1-6H3,(H,24,25). The van der Waals surface area contributed by atoms with Crippen molar-refractivity contribution < 1.29 is 36.5 Å². The molecule has 0 saturated carbocycles. The maximum absolute atomic E-state index is 11.3. The quantitative estimate of drug-likeness (QED) is 0.102. The van der Waals surface area contributed by atoms with Crippen LogP contribution >= 0.6 is 11.8 Å². The molecule has 0 fully saturated rings. The molecule has 0 radical (unpaired) electrons. The molecular formula is C22H49NO8SSi2. The Hall–Kier alpha value is -0.0262. The van der Waals surface area contributed by atoms with Crippen LogP contribution in [0, 0.1) is 0 Å². The van der Waals surface area contributed by atoms with Crippen LogP contribution in [0.4, 0.5) is 0 Å². The molecule has 9 nitrogen and oxygen atoms in total. The number of hydrogen-bond donors (Lipinski definition) is 1. The number of thioether (sulfide) groups is 1. The molecule has 0 aromatic carbocycles. The zero-order chi connectivity index (χ0) is 25.7. The molecule has 0 unspecified atom stereocenters. The van der Waals surface area contributed by atoms with Crippen LogP contribution in [-0.2, 0) is 31.4 Å². The summed E-state index contributed by atoms with van der Waals surface area (Å²) in [5.41, 5.74) is 0. The van der Waals surface area contributed by atoms with Gasteiger partial charge in [0.25, 0.3) is 0 Å². The van der Waals surface area contributed by atoms with Gasteiger partial charge in [-0.1, -0.05) is 0 Å². The smallest absolute Gasteiger partial charge is 0.480 e. The highest BCUT2D eigenvalue weighted by molar-refractivity contribution is 7.99. The highest BCUT2D eigenvalue weighted by Gasteiger charge is 2.40. The van der Waals surface area contributed by atoms with E-state index in [-0.39, 0.29) is 6.54 Å². The van der Waals surface area contributed by atoms with Gasteiger partial charge in [-0.25, -0.2) is 0 Å². The van der Waals surface area contributed by atoms with Gasteiger partial charge in [-0.3, -0.25) is 9.69 Å². The summed E-state index contributed by atoms with van der Waals surface area (Å²) < 4.78 is 35.4. The summed E-state index contributed by atoms with van der Waals surface area (Å²) in [6.07, 6.45) is 2.64. The molecular weight excluding hydrogens is 494 g/mol. The van der Waals surface area contributed by atoms with Crippen molar-refractivity contribution in [2.24, 2.45) is 0 Å². The van der Waals surface area contributed by atoms with Crippen LogP contribution in [0.15, 0.2) is 0 Å².